The lowest BCUT2D eigenvalue weighted by Gasteiger charge is -2.02. The van der Waals surface area contributed by atoms with Crippen LogP contribution < -0.4 is 0 Å². The van der Waals surface area contributed by atoms with Crippen LogP contribution in [0.25, 0.3) is 0 Å². The molecule has 68 valence electrons. The Balaban J connectivity index is 2.50. The summed E-state index contributed by atoms with van der Waals surface area (Å²) in [4.78, 5) is 0. The summed E-state index contributed by atoms with van der Waals surface area (Å²) in [5.74, 6) is 2.94. The van der Waals surface area contributed by atoms with E-state index in [9.17, 15) is 0 Å². The van der Waals surface area contributed by atoms with Gasteiger partial charge < -0.3 is 4.74 Å². The molecule has 0 aromatic heterocycles. The van der Waals surface area contributed by atoms with E-state index in [4.69, 9.17) is 16.3 Å². The average molecular weight is 195 g/mol. The van der Waals surface area contributed by atoms with Gasteiger partial charge in [-0.1, -0.05) is 24.3 Å². The summed E-state index contributed by atoms with van der Waals surface area (Å²) in [5, 5.41) is 0. The SMILES string of the molecule is Cc1ccccc1COC#CCCl. The monoisotopic (exact) mass is 194 g/mol. The van der Waals surface area contributed by atoms with Crippen molar-refractivity contribution >= 4 is 11.6 Å². The second kappa shape index (κ2) is 5.50. The van der Waals surface area contributed by atoms with Crippen molar-refractivity contribution in [2.75, 3.05) is 5.88 Å². The molecular formula is C11H11ClO. The molecule has 0 N–H and O–H groups in total. The van der Waals surface area contributed by atoms with Gasteiger partial charge in [0.15, 0.2) is 0 Å². The number of hydrogen-bond acceptors (Lipinski definition) is 1. The Morgan fingerprint density at radius 3 is 2.85 bits per heavy atom. The van der Waals surface area contributed by atoms with Crippen LogP contribution in [0.3, 0.4) is 0 Å². The van der Waals surface area contributed by atoms with Crippen molar-refractivity contribution in [3.05, 3.63) is 35.4 Å². The Kier molecular flexibility index (Phi) is 4.21. The molecule has 0 fully saturated rings. The highest BCUT2D eigenvalue weighted by Gasteiger charge is 1.94. The Morgan fingerprint density at radius 2 is 2.15 bits per heavy atom. The third kappa shape index (κ3) is 3.40. The minimum Gasteiger partial charge on any atom is -0.442 e. The molecule has 0 heterocycles. The number of alkyl halides is 1. The van der Waals surface area contributed by atoms with Gasteiger partial charge in [0.2, 0.25) is 0 Å². The van der Waals surface area contributed by atoms with Gasteiger partial charge in [0.1, 0.15) is 12.7 Å². The van der Waals surface area contributed by atoms with Gasteiger partial charge in [-0.3, -0.25) is 0 Å². The van der Waals surface area contributed by atoms with E-state index in [1.54, 1.807) is 0 Å². The van der Waals surface area contributed by atoms with Gasteiger partial charge in [-0.15, -0.1) is 11.6 Å². The lowest BCUT2D eigenvalue weighted by Crippen LogP contribution is -1.90. The molecule has 0 unspecified atom stereocenters. The predicted octanol–water partition coefficient (Wildman–Crippen LogP) is 2.71. The van der Waals surface area contributed by atoms with E-state index >= 15 is 0 Å². The molecule has 0 radical (unpaired) electrons. The van der Waals surface area contributed by atoms with Crippen LogP contribution in [-0.2, 0) is 11.3 Å². The standard InChI is InChI=1S/C11H11ClO/c1-10-5-2-3-6-11(10)9-13-8-4-7-12/h2-3,5-6H,7,9H2,1H3. The second-order valence-electron chi connectivity index (χ2n) is 2.63. The minimum atomic E-state index is 0.313. The number of rotatable bonds is 2. The van der Waals surface area contributed by atoms with Crippen molar-refractivity contribution in [2.24, 2.45) is 0 Å². The third-order valence-electron chi connectivity index (χ3n) is 1.70. The number of halogens is 1. The fraction of sp³-hybridized carbons (Fsp3) is 0.273. The van der Waals surface area contributed by atoms with Crippen LogP contribution >= 0.6 is 11.6 Å². The fourth-order valence-corrected chi connectivity index (χ4v) is 1.02. The van der Waals surface area contributed by atoms with Gasteiger partial charge in [-0.05, 0) is 24.0 Å². The zero-order valence-corrected chi connectivity index (χ0v) is 8.27. The minimum absolute atomic E-state index is 0.313. The largest absolute Gasteiger partial charge is 0.442 e. The van der Waals surface area contributed by atoms with Crippen molar-refractivity contribution in [1.29, 1.82) is 0 Å². The molecule has 2 heteroatoms. The summed E-state index contributed by atoms with van der Waals surface area (Å²) in [5.41, 5.74) is 2.38. The maximum Gasteiger partial charge on any atom is 0.125 e. The highest BCUT2D eigenvalue weighted by Crippen LogP contribution is 2.07. The lowest BCUT2D eigenvalue weighted by atomic mass is 10.1. The van der Waals surface area contributed by atoms with E-state index in [-0.39, 0.29) is 0 Å². The van der Waals surface area contributed by atoms with Crippen LogP contribution in [0, 0.1) is 19.0 Å². The van der Waals surface area contributed by atoms with Gasteiger partial charge in [-0.25, -0.2) is 0 Å². The first-order chi connectivity index (χ1) is 6.34. The van der Waals surface area contributed by atoms with E-state index in [0.717, 1.165) is 5.56 Å². The van der Waals surface area contributed by atoms with E-state index in [0.29, 0.717) is 12.5 Å². The first-order valence-electron chi connectivity index (χ1n) is 4.04. The smallest absolute Gasteiger partial charge is 0.125 e. The molecule has 1 rings (SSSR count). The first kappa shape index (κ1) is 9.95. The number of hydrogen-bond donors (Lipinski definition) is 0. The van der Waals surface area contributed by atoms with E-state index in [1.165, 1.54) is 5.56 Å². The van der Waals surface area contributed by atoms with E-state index < -0.39 is 0 Å². The van der Waals surface area contributed by atoms with Crippen molar-refractivity contribution in [1.82, 2.24) is 0 Å². The highest BCUT2D eigenvalue weighted by atomic mass is 35.5. The van der Waals surface area contributed by atoms with Crippen LogP contribution in [-0.4, -0.2) is 5.88 Å². The molecule has 0 aliphatic heterocycles. The zero-order valence-electron chi connectivity index (χ0n) is 7.51. The molecule has 1 nitrogen and oxygen atoms in total. The molecule has 0 aliphatic carbocycles. The number of aryl methyl sites for hydroxylation is 1. The van der Waals surface area contributed by atoms with Crippen LogP contribution in [0.5, 0.6) is 0 Å². The number of ether oxygens (including phenoxy) is 1. The van der Waals surface area contributed by atoms with Gasteiger partial charge >= 0.3 is 0 Å². The van der Waals surface area contributed by atoms with Gasteiger partial charge in [-0.2, -0.15) is 0 Å². The summed E-state index contributed by atoms with van der Waals surface area (Å²) >= 11 is 5.36. The van der Waals surface area contributed by atoms with Crippen molar-refractivity contribution < 1.29 is 4.74 Å². The molecule has 0 bridgehead atoms. The second-order valence-corrected chi connectivity index (χ2v) is 2.89. The fourth-order valence-electron chi connectivity index (χ4n) is 0.964. The van der Waals surface area contributed by atoms with Crippen LogP contribution in [0.2, 0.25) is 0 Å². The molecule has 0 aliphatic rings. The third-order valence-corrected chi connectivity index (χ3v) is 1.83. The van der Waals surface area contributed by atoms with Crippen molar-refractivity contribution in [3.8, 4) is 12.0 Å². The molecular weight excluding hydrogens is 184 g/mol. The Bertz CT molecular complexity index is 322. The summed E-state index contributed by atoms with van der Waals surface area (Å²) < 4.78 is 5.10. The Morgan fingerprint density at radius 1 is 1.38 bits per heavy atom. The van der Waals surface area contributed by atoms with Crippen molar-refractivity contribution in [2.45, 2.75) is 13.5 Å². The van der Waals surface area contributed by atoms with Crippen LogP contribution in [0.4, 0.5) is 0 Å². The first-order valence-corrected chi connectivity index (χ1v) is 4.58. The number of benzene rings is 1. The van der Waals surface area contributed by atoms with E-state index in [1.807, 2.05) is 31.2 Å². The summed E-state index contributed by atoms with van der Waals surface area (Å²) in [7, 11) is 0. The quantitative estimate of drug-likeness (QED) is 0.520. The summed E-state index contributed by atoms with van der Waals surface area (Å²) in [6.45, 7) is 2.57. The van der Waals surface area contributed by atoms with Crippen LogP contribution in [0.1, 0.15) is 11.1 Å². The molecule has 0 amide bonds. The maximum atomic E-state index is 5.36. The van der Waals surface area contributed by atoms with Crippen LogP contribution in [0.15, 0.2) is 24.3 Å². The zero-order chi connectivity index (χ0) is 9.52. The molecule has 0 saturated carbocycles. The average Bonchev–Trinajstić information content (AvgIpc) is 2.15. The summed E-state index contributed by atoms with van der Waals surface area (Å²) in [6, 6.07) is 8.06. The molecule has 0 atom stereocenters. The normalized spacial score (nSPS) is 8.77. The molecule has 1 aromatic rings. The highest BCUT2D eigenvalue weighted by molar-refractivity contribution is 6.19. The topological polar surface area (TPSA) is 9.23 Å². The maximum absolute atomic E-state index is 5.36. The molecule has 0 saturated heterocycles. The van der Waals surface area contributed by atoms with E-state index in [2.05, 4.69) is 12.0 Å². The molecule has 13 heavy (non-hydrogen) atoms. The van der Waals surface area contributed by atoms with Gasteiger partial charge in [0.05, 0.1) is 5.88 Å². The molecule has 0 spiro atoms. The predicted molar refractivity (Wildman–Crippen MR) is 54.5 cm³/mol. The summed E-state index contributed by atoms with van der Waals surface area (Å²) in [6.07, 6.45) is 2.53. The Hall–Kier alpha value is -1.13. The molecule has 1 aromatic carbocycles. The lowest BCUT2D eigenvalue weighted by molar-refractivity contribution is 0.264. The van der Waals surface area contributed by atoms with Crippen molar-refractivity contribution in [3.63, 3.8) is 0 Å². The Labute approximate surface area is 83.7 Å². The van der Waals surface area contributed by atoms with Gasteiger partial charge in [0.25, 0.3) is 0 Å². The van der Waals surface area contributed by atoms with Gasteiger partial charge in [0, 0.05) is 0 Å².